The molecule has 0 unspecified atom stereocenters. The van der Waals surface area contributed by atoms with Gasteiger partial charge in [0, 0.05) is 35.6 Å². The first-order chi connectivity index (χ1) is 11.7. The fourth-order valence-corrected chi connectivity index (χ4v) is 4.28. The molecule has 2 fully saturated rings. The van der Waals surface area contributed by atoms with E-state index >= 15 is 0 Å². The van der Waals surface area contributed by atoms with Crippen molar-refractivity contribution in [2.45, 2.75) is 41.9 Å². The number of thioether (sulfide) groups is 1. The molecule has 24 heavy (non-hydrogen) atoms. The molecule has 2 aliphatic carbocycles. The van der Waals surface area contributed by atoms with Crippen LogP contribution >= 0.6 is 11.8 Å². The van der Waals surface area contributed by atoms with Crippen molar-refractivity contribution in [3.8, 4) is 11.3 Å². The number of pyridine rings is 2. The van der Waals surface area contributed by atoms with Crippen LogP contribution in [0.15, 0.2) is 40.4 Å². The van der Waals surface area contributed by atoms with Crippen molar-refractivity contribution in [2.75, 3.05) is 0 Å². The van der Waals surface area contributed by atoms with Crippen molar-refractivity contribution < 1.29 is 0 Å². The minimum atomic E-state index is 0.00947. The number of fused-ring (bicyclic) bond motifs is 1. The van der Waals surface area contributed by atoms with Crippen molar-refractivity contribution in [3.05, 3.63) is 46.5 Å². The first-order valence-corrected chi connectivity index (χ1v) is 9.43. The maximum atomic E-state index is 12.3. The lowest BCUT2D eigenvalue weighted by atomic mass is 10.0. The quantitative estimate of drug-likeness (QED) is 0.781. The lowest BCUT2D eigenvalue weighted by Gasteiger charge is -2.12. The predicted octanol–water partition coefficient (Wildman–Crippen LogP) is 4.06. The van der Waals surface area contributed by atoms with Crippen LogP contribution in [0.4, 0.5) is 0 Å². The molecule has 0 saturated heterocycles. The maximum absolute atomic E-state index is 12.3. The van der Waals surface area contributed by atoms with Crippen LogP contribution in [-0.2, 0) is 7.05 Å². The van der Waals surface area contributed by atoms with E-state index in [-0.39, 0.29) is 5.56 Å². The molecule has 122 valence electrons. The number of aryl methyl sites for hydroxylation is 1. The summed E-state index contributed by atoms with van der Waals surface area (Å²) in [6.45, 7) is 0. The third-order valence-corrected chi connectivity index (χ3v) is 6.15. The molecular formula is C19H19N3OS. The molecule has 0 aromatic carbocycles. The fourth-order valence-electron chi connectivity index (χ4n) is 3.27. The van der Waals surface area contributed by atoms with Crippen molar-refractivity contribution in [2.24, 2.45) is 7.05 Å². The summed E-state index contributed by atoms with van der Waals surface area (Å²) in [5.74, 6) is 0.624. The van der Waals surface area contributed by atoms with Crippen molar-refractivity contribution in [1.29, 1.82) is 0 Å². The Morgan fingerprint density at radius 1 is 1.21 bits per heavy atom. The number of aromatic amines is 1. The summed E-state index contributed by atoms with van der Waals surface area (Å²) in [6.07, 6.45) is 8.87. The highest BCUT2D eigenvalue weighted by molar-refractivity contribution is 8.00. The van der Waals surface area contributed by atoms with Gasteiger partial charge in [0.15, 0.2) is 0 Å². The number of nitrogens with zero attached hydrogens (tertiary/aromatic N) is 2. The summed E-state index contributed by atoms with van der Waals surface area (Å²) in [6, 6.07) is 6.43. The Morgan fingerprint density at radius 2 is 2.04 bits per heavy atom. The highest BCUT2D eigenvalue weighted by Gasteiger charge is 2.29. The van der Waals surface area contributed by atoms with Crippen LogP contribution in [-0.4, -0.2) is 19.8 Å². The molecule has 3 aromatic heterocycles. The van der Waals surface area contributed by atoms with Gasteiger partial charge in [0.2, 0.25) is 0 Å². The van der Waals surface area contributed by atoms with E-state index in [4.69, 9.17) is 4.98 Å². The molecule has 0 bridgehead atoms. The number of nitrogens with one attached hydrogen (secondary N) is 1. The van der Waals surface area contributed by atoms with Crippen LogP contribution in [0.3, 0.4) is 0 Å². The summed E-state index contributed by atoms with van der Waals surface area (Å²) in [7, 11) is 1.81. The normalized spacial score (nSPS) is 17.5. The van der Waals surface area contributed by atoms with Gasteiger partial charge >= 0.3 is 0 Å². The van der Waals surface area contributed by atoms with Gasteiger partial charge in [-0.2, -0.15) is 0 Å². The Labute approximate surface area is 144 Å². The highest BCUT2D eigenvalue weighted by atomic mass is 32.2. The van der Waals surface area contributed by atoms with Crippen LogP contribution in [0.25, 0.3) is 22.2 Å². The molecular weight excluding hydrogens is 318 g/mol. The second-order valence-corrected chi connectivity index (χ2v) is 8.22. The van der Waals surface area contributed by atoms with Crippen LogP contribution in [0, 0.1) is 0 Å². The van der Waals surface area contributed by atoms with Gasteiger partial charge in [-0.25, -0.2) is 4.98 Å². The molecule has 3 aromatic rings. The highest BCUT2D eigenvalue weighted by Crippen LogP contribution is 2.46. The average Bonchev–Trinajstić information content (AvgIpc) is 3.51. The molecule has 2 saturated carbocycles. The summed E-state index contributed by atoms with van der Waals surface area (Å²) >= 11 is 1.89. The molecule has 2 aliphatic rings. The monoisotopic (exact) mass is 337 g/mol. The van der Waals surface area contributed by atoms with Gasteiger partial charge in [-0.3, -0.25) is 4.79 Å². The van der Waals surface area contributed by atoms with Crippen LogP contribution in [0.5, 0.6) is 0 Å². The Bertz CT molecular complexity index is 996. The van der Waals surface area contributed by atoms with Gasteiger partial charge in [-0.15, -0.1) is 11.8 Å². The Hall–Kier alpha value is -2.01. The number of H-pyrrole nitrogens is 1. The van der Waals surface area contributed by atoms with Gasteiger partial charge < -0.3 is 9.55 Å². The summed E-state index contributed by atoms with van der Waals surface area (Å²) < 4.78 is 1.66. The molecule has 5 heteroatoms. The van der Waals surface area contributed by atoms with E-state index in [0.717, 1.165) is 26.9 Å². The fraction of sp³-hybridized carbons (Fsp3) is 0.368. The smallest absolute Gasteiger partial charge is 0.274 e. The first-order valence-electron chi connectivity index (χ1n) is 8.55. The van der Waals surface area contributed by atoms with E-state index in [1.165, 1.54) is 31.2 Å². The van der Waals surface area contributed by atoms with E-state index < -0.39 is 0 Å². The Balaban J connectivity index is 1.73. The van der Waals surface area contributed by atoms with E-state index in [2.05, 4.69) is 17.1 Å². The van der Waals surface area contributed by atoms with Crippen LogP contribution in [0.2, 0.25) is 0 Å². The molecule has 0 amide bonds. The van der Waals surface area contributed by atoms with Crippen LogP contribution in [0.1, 0.15) is 37.2 Å². The maximum Gasteiger partial charge on any atom is 0.274 e. The number of hydrogen-bond acceptors (Lipinski definition) is 3. The Kier molecular flexibility index (Phi) is 3.13. The van der Waals surface area contributed by atoms with Gasteiger partial charge in [-0.05, 0) is 49.3 Å². The van der Waals surface area contributed by atoms with E-state index in [1.54, 1.807) is 4.57 Å². The van der Waals surface area contributed by atoms with Crippen LogP contribution < -0.4 is 5.56 Å². The zero-order chi connectivity index (χ0) is 16.3. The molecule has 0 spiro atoms. The molecule has 1 N–H and O–H groups in total. The van der Waals surface area contributed by atoms with Gasteiger partial charge in [-0.1, -0.05) is 6.07 Å². The third-order valence-electron chi connectivity index (χ3n) is 4.88. The second kappa shape index (κ2) is 5.24. The third kappa shape index (κ3) is 2.38. The molecule has 0 aliphatic heterocycles. The van der Waals surface area contributed by atoms with E-state index in [0.29, 0.717) is 11.4 Å². The lowest BCUT2D eigenvalue weighted by Crippen LogP contribution is -2.16. The van der Waals surface area contributed by atoms with Crippen molar-refractivity contribution in [1.82, 2.24) is 14.5 Å². The second-order valence-electron chi connectivity index (χ2n) is 6.90. The number of rotatable bonds is 4. The van der Waals surface area contributed by atoms with Crippen molar-refractivity contribution in [3.63, 3.8) is 0 Å². The topological polar surface area (TPSA) is 50.7 Å². The average molecular weight is 337 g/mol. The molecule has 0 radical (unpaired) electrons. The van der Waals surface area contributed by atoms with Crippen molar-refractivity contribution >= 4 is 22.7 Å². The molecule has 0 atom stereocenters. The minimum Gasteiger partial charge on any atom is -0.357 e. The van der Waals surface area contributed by atoms with Gasteiger partial charge in [0.25, 0.3) is 5.56 Å². The number of hydrogen-bond donors (Lipinski definition) is 1. The standard InChI is InChI=1S/C19H19N3OS/c1-22-10-15(14-8-9-20-18(14)19(22)23)17-13(11-2-3-11)6-7-16(21-17)24-12-4-5-12/h6-12,20H,2-5H2,1H3. The molecule has 5 rings (SSSR count). The predicted molar refractivity (Wildman–Crippen MR) is 97.6 cm³/mol. The lowest BCUT2D eigenvalue weighted by molar-refractivity contribution is 0.870. The van der Waals surface area contributed by atoms with Gasteiger partial charge in [0.05, 0.1) is 10.7 Å². The summed E-state index contributed by atoms with van der Waals surface area (Å²) in [5, 5.41) is 2.82. The first kappa shape index (κ1) is 14.3. The largest absolute Gasteiger partial charge is 0.357 e. The van der Waals surface area contributed by atoms with E-state index in [1.807, 2.05) is 37.3 Å². The van der Waals surface area contributed by atoms with Gasteiger partial charge in [0.1, 0.15) is 5.52 Å². The molecule has 4 nitrogen and oxygen atoms in total. The Morgan fingerprint density at radius 3 is 2.79 bits per heavy atom. The SMILES string of the molecule is Cn1cc(-c2nc(SC3CC3)ccc2C2CC2)c2cc[nH]c2c1=O. The summed E-state index contributed by atoms with van der Waals surface area (Å²) in [4.78, 5) is 20.4. The zero-order valence-electron chi connectivity index (χ0n) is 13.6. The zero-order valence-corrected chi connectivity index (χ0v) is 14.4. The molecule has 3 heterocycles. The van der Waals surface area contributed by atoms with E-state index in [9.17, 15) is 4.79 Å². The summed E-state index contributed by atoms with van der Waals surface area (Å²) in [5.41, 5.74) is 4.13. The number of aromatic nitrogens is 3. The minimum absolute atomic E-state index is 0.00947.